The fraction of sp³-hybridized carbons (Fsp3) is 0.133. The first-order valence-electron chi connectivity index (χ1n) is 6.58. The molecule has 9 heteroatoms. The number of hydrogen-bond acceptors (Lipinski definition) is 3. The summed E-state index contributed by atoms with van der Waals surface area (Å²) in [7, 11) is -4.42. The summed E-state index contributed by atoms with van der Waals surface area (Å²) in [5.74, 6) is 0. The van der Waals surface area contributed by atoms with Crippen molar-refractivity contribution in [3.05, 3.63) is 65.7 Å². The van der Waals surface area contributed by atoms with E-state index in [0.717, 1.165) is 12.1 Å². The smallest absolute Gasteiger partial charge is 0.416 e. The second kappa shape index (κ2) is 6.52. The summed E-state index contributed by atoms with van der Waals surface area (Å²) in [4.78, 5) is 10.7. The number of halogens is 3. The number of carboxylic acid groups (broad SMARTS) is 1. The van der Waals surface area contributed by atoms with E-state index < -0.39 is 38.6 Å². The number of rotatable bonds is 4. The number of carbonyl (C=O) groups is 1. The molecule has 0 saturated carbocycles. The fourth-order valence-corrected chi connectivity index (χ4v) is 3.77. The molecule has 0 spiro atoms. The van der Waals surface area contributed by atoms with Crippen molar-refractivity contribution in [2.75, 3.05) is 0 Å². The molecule has 0 bridgehead atoms. The van der Waals surface area contributed by atoms with Crippen LogP contribution in [-0.2, 0) is 16.0 Å². The lowest BCUT2D eigenvalue weighted by Gasteiger charge is -2.22. The normalized spacial score (nSPS) is 13.3. The van der Waals surface area contributed by atoms with E-state index >= 15 is 0 Å². The predicted octanol–water partition coefficient (Wildman–Crippen LogP) is 3.45. The zero-order chi connectivity index (χ0) is 18.0. The van der Waals surface area contributed by atoms with Crippen LogP contribution in [0.3, 0.4) is 0 Å². The van der Waals surface area contributed by atoms with Gasteiger partial charge in [0.2, 0.25) is 9.84 Å². The molecule has 1 atom stereocenters. The molecule has 2 aromatic rings. The van der Waals surface area contributed by atoms with Crippen LogP contribution in [0.4, 0.5) is 18.0 Å². The van der Waals surface area contributed by atoms with Crippen LogP contribution in [0.5, 0.6) is 0 Å². The Hall–Kier alpha value is -2.55. The number of sulfone groups is 1. The van der Waals surface area contributed by atoms with Crippen molar-refractivity contribution in [1.29, 1.82) is 0 Å². The van der Waals surface area contributed by atoms with Gasteiger partial charge in [0.1, 0.15) is 0 Å². The minimum atomic E-state index is -4.83. The highest BCUT2D eigenvalue weighted by molar-refractivity contribution is 7.91. The molecule has 0 aliphatic rings. The first-order valence-corrected chi connectivity index (χ1v) is 8.13. The second-order valence-corrected chi connectivity index (χ2v) is 6.81. The summed E-state index contributed by atoms with van der Waals surface area (Å²) in [6.45, 7) is 0. The molecule has 0 heterocycles. The van der Waals surface area contributed by atoms with Crippen LogP contribution >= 0.6 is 0 Å². The molecule has 1 unspecified atom stereocenters. The summed E-state index contributed by atoms with van der Waals surface area (Å²) in [5, 5.41) is 8.48. The Balaban J connectivity index is 2.66. The monoisotopic (exact) mass is 359 g/mol. The summed E-state index contributed by atoms with van der Waals surface area (Å²) in [6, 6.07) is 10.6. The van der Waals surface area contributed by atoms with E-state index in [9.17, 15) is 26.4 Å². The topological polar surface area (TPSA) is 83.5 Å². The maximum Gasteiger partial charge on any atom is 0.416 e. The van der Waals surface area contributed by atoms with Gasteiger partial charge in [0, 0.05) is 5.56 Å². The summed E-state index contributed by atoms with van der Waals surface area (Å²) in [6.07, 6.45) is -6.59. The molecule has 2 N–H and O–H groups in total. The Morgan fingerprint density at radius 1 is 1.00 bits per heavy atom. The van der Waals surface area contributed by atoms with E-state index in [-0.39, 0.29) is 4.90 Å². The Bertz CT molecular complexity index is 835. The number of benzene rings is 2. The van der Waals surface area contributed by atoms with Crippen LogP contribution in [0.15, 0.2) is 59.5 Å². The minimum Gasteiger partial charge on any atom is -0.465 e. The van der Waals surface area contributed by atoms with Crippen molar-refractivity contribution in [1.82, 2.24) is 5.32 Å². The molecular formula is C15H12F3NO4S. The van der Waals surface area contributed by atoms with Gasteiger partial charge in [-0.1, -0.05) is 36.4 Å². The molecule has 24 heavy (non-hydrogen) atoms. The van der Waals surface area contributed by atoms with Gasteiger partial charge < -0.3 is 10.4 Å². The van der Waals surface area contributed by atoms with Gasteiger partial charge >= 0.3 is 12.3 Å². The fourth-order valence-electron chi connectivity index (χ4n) is 2.16. The highest BCUT2D eigenvalue weighted by Gasteiger charge is 2.40. The number of nitrogens with one attached hydrogen (secondary N) is 1. The van der Waals surface area contributed by atoms with Gasteiger partial charge in [-0.3, -0.25) is 0 Å². The molecule has 0 aliphatic carbocycles. The average molecular weight is 359 g/mol. The molecule has 0 radical (unpaired) electrons. The first-order chi connectivity index (χ1) is 11.1. The molecular weight excluding hydrogens is 347 g/mol. The molecule has 5 nitrogen and oxygen atoms in total. The van der Waals surface area contributed by atoms with Gasteiger partial charge in [-0.05, 0) is 18.2 Å². The third kappa shape index (κ3) is 3.67. The predicted molar refractivity (Wildman–Crippen MR) is 79.0 cm³/mol. The lowest BCUT2D eigenvalue weighted by Crippen LogP contribution is -2.34. The molecule has 128 valence electrons. The van der Waals surface area contributed by atoms with Gasteiger partial charge in [0.05, 0.1) is 10.5 Å². The van der Waals surface area contributed by atoms with Crippen molar-refractivity contribution in [3.8, 4) is 0 Å². The van der Waals surface area contributed by atoms with Crippen LogP contribution in [-0.4, -0.2) is 19.6 Å². The van der Waals surface area contributed by atoms with Gasteiger partial charge in [-0.15, -0.1) is 0 Å². The Labute approximate surface area is 135 Å². The van der Waals surface area contributed by atoms with E-state index in [4.69, 9.17) is 5.11 Å². The van der Waals surface area contributed by atoms with Crippen molar-refractivity contribution in [2.45, 2.75) is 16.4 Å². The summed E-state index contributed by atoms with van der Waals surface area (Å²) >= 11 is 0. The molecule has 0 saturated heterocycles. The molecule has 0 aromatic heterocycles. The van der Waals surface area contributed by atoms with Crippen LogP contribution in [0, 0.1) is 0 Å². The standard InChI is InChI=1S/C15H12F3NO4S/c16-15(17,18)12-9-5-4-8-11(12)13(19-14(20)21)24(22,23)10-6-2-1-3-7-10/h1-9,13,19H,(H,20,21). The van der Waals surface area contributed by atoms with Crippen LogP contribution in [0.1, 0.15) is 16.5 Å². The van der Waals surface area contributed by atoms with E-state index in [2.05, 4.69) is 0 Å². The zero-order valence-corrected chi connectivity index (χ0v) is 12.8. The van der Waals surface area contributed by atoms with Gasteiger partial charge in [-0.2, -0.15) is 13.2 Å². The Kier molecular flexibility index (Phi) is 4.83. The molecule has 0 aliphatic heterocycles. The first kappa shape index (κ1) is 17.8. The maximum atomic E-state index is 13.2. The largest absolute Gasteiger partial charge is 0.465 e. The molecule has 1 amide bonds. The minimum absolute atomic E-state index is 0.291. The van der Waals surface area contributed by atoms with Crippen LogP contribution in [0.25, 0.3) is 0 Å². The highest BCUT2D eigenvalue weighted by atomic mass is 32.2. The summed E-state index contributed by atoms with van der Waals surface area (Å²) in [5.41, 5.74) is -1.90. The van der Waals surface area contributed by atoms with Crippen LogP contribution in [0.2, 0.25) is 0 Å². The quantitative estimate of drug-likeness (QED) is 0.876. The number of hydrogen-bond donors (Lipinski definition) is 2. The second-order valence-electron chi connectivity index (χ2n) is 4.77. The highest BCUT2D eigenvalue weighted by Crippen LogP contribution is 2.37. The Morgan fingerprint density at radius 3 is 2.08 bits per heavy atom. The third-order valence-corrected chi connectivity index (χ3v) is 5.11. The van der Waals surface area contributed by atoms with E-state index in [0.29, 0.717) is 6.07 Å². The van der Waals surface area contributed by atoms with Crippen LogP contribution < -0.4 is 5.32 Å². The number of alkyl halides is 3. The maximum absolute atomic E-state index is 13.2. The van der Waals surface area contributed by atoms with E-state index in [1.165, 1.54) is 36.4 Å². The van der Waals surface area contributed by atoms with Crippen molar-refractivity contribution in [2.24, 2.45) is 0 Å². The van der Waals surface area contributed by atoms with Gasteiger partial charge in [-0.25, -0.2) is 13.2 Å². The Morgan fingerprint density at radius 2 is 1.54 bits per heavy atom. The zero-order valence-electron chi connectivity index (χ0n) is 12.0. The average Bonchev–Trinajstić information content (AvgIpc) is 2.52. The lowest BCUT2D eigenvalue weighted by atomic mass is 10.1. The van der Waals surface area contributed by atoms with Crippen molar-refractivity contribution < 1.29 is 31.5 Å². The van der Waals surface area contributed by atoms with Crippen molar-refractivity contribution >= 4 is 15.9 Å². The van der Waals surface area contributed by atoms with E-state index in [1.54, 1.807) is 5.32 Å². The molecule has 2 rings (SSSR count). The summed E-state index contributed by atoms with van der Waals surface area (Å²) < 4.78 is 64.8. The van der Waals surface area contributed by atoms with Crippen molar-refractivity contribution in [3.63, 3.8) is 0 Å². The molecule has 0 fully saturated rings. The van der Waals surface area contributed by atoms with Gasteiger partial charge in [0.25, 0.3) is 0 Å². The third-order valence-electron chi connectivity index (χ3n) is 3.19. The molecule has 2 aromatic carbocycles. The number of amides is 1. The SMILES string of the molecule is O=C(O)NC(c1ccccc1C(F)(F)F)S(=O)(=O)c1ccccc1. The lowest BCUT2D eigenvalue weighted by molar-refractivity contribution is -0.138. The van der Waals surface area contributed by atoms with Gasteiger partial charge in [0.15, 0.2) is 5.37 Å². The van der Waals surface area contributed by atoms with E-state index in [1.807, 2.05) is 0 Å².